The van der Waals surface area contributed by atoms with Crippen LogP contribution in [-0.4, -0.2) is 15.1 Å². The van der Waals surface area contributed by atoms with Gasteiger partial charge in [0.15, 0.2) is 0 Å². The normalized spacial score (nSPS) is 10.6. The monoisotopic (exact) mass is 191 g/mol. The zero-order valence-electron chi connectivity index (χ0n) is 7.53. The fraction of sp³-hybridized carbons (Fsp3) is 0.111. The van der Waals surface area contributed by atoms with Crippen LogP contribution in [0.3, 0.4) is 0 Å². The molecule has 2 aromatic rings. The fourth-order valence-electron chi connectivity index (χ4n) is 1.27. The van der Waals surface area contributed by atoms with Crippen molar-refractivity contribution < 1.29 is 5.11 Å². The molecule has 0 radical (unpaired) electrons. The SMILES string of the molecule is Cc1c(O)c2ccc(N)nc2[nH]c1=O. The highest BCUT2D eigenvalue weighted by atomic mass is 16.3. The molecule has 2 rings (SSSR count). The van der Waals surface area contributed by atoms with Crippen molar-refractivity contribution in [2.75, 3.05) is 5.73 Å². The lowest BCUT2D eigenvalue weighted by atomic mass is 10.2. The zero-order chi connectivity index (χ0) is 10.3. The summed E-state index contributed by atoms with van der Waals surface area (Å²) in [7, 11) is 0. The Labute approximate surface area is 79.2 Å². The number of nitrogens with one attached hydrogen (secondary N) is 1. The van der Waals surface area contributed by atoms with Gasteiger partial charge in [-0.25, -0.2) is 4.98 Å². The summed E-state index contributed by atoms with van der Waals surface area (Å²) in [5.41, 5.74) is 5.68. The first-order valence-electron chi connectivity index (χ1n) is 4.07. The Morgan fingerprint density at radius 1 is 1.50 bits per heavy atom. The van der Waals surface area contributed by atoms with Gasteiger partial charge in [0.05, 0.1) is 10.9 Å². The van der Waals surface area contributed by atoms with E-state index < -0.39 is 0 Å². The average molecular weight is 191 g/mol. The molecule has 0 spiro atoms. The molecule has 2 aromatic heterocycles. The van der Waals surface area contributed by atoms with Gasteiger partial charge in [0.2, 0.25) is 0 Å². The Hall–Kier alpha value is -2.04. The molecule has 0 unspecified atom stereocenters. The van der Waals surface area contributed by atoms with Crippen molar-refractivity contribution in [2.24, 2.45) is 0 Å². The molecule has 0 atom stereocenters. The van der Waals surface area contributed by atoms with Crippen LogP contribution in [0.2, 0.25) is 0 Å². The van der Waals surface area contributed by atoms with Gasteiger partial charge >= 0.3 is 0 Å². The van der Waals surface area contributed by atoms with Gasteiger partial charge in [0, 0.05) is 0 Å². The number of nitrogens with two attached hydrogens (primary N) is 1. The largest absolute Gasteiger partial charge is 0.507 e. The Morgan fingerprint density at radius 3 is 2.93 bits per heavy atom. The Morgan fingerprint density at radius 2 is 2.21 bits per heavy atom. The molecule has 0 aliphatic carbocycles. The zero-order valence-corrected chi connectivity index (χ0v) is 7.53. The van der Waals surface area contributed by atoms with Crippen molar-refractivity contribution in [3.8, 4) is 5.75 Å². The number of fused-ring (bicyclic) bond motifs is 1. The van der Waals surface area contributed by atoms with Crippen molar-refractivity contribution >= 4 is 16.9 Å². The smallest absolute Gasteiger partial charge is 0.256 e. The van der Waals surface area contributed by atoms with E-state index in [0.29, 0.717) is 16.9 Å². The van der Waals surface area contributed by atoms with E-state index in [1.807, 2.05) is 0 Å². The topological polar surface area (TPSA) is 92.0 Å². The lowest BCUT2D eigenvalue weighted by Gasteiger charge is -2.03. The fourth-order valence-corrected chi connectivity index (χ4v) is 1.27. The second-order valence-corrected chi connectivity index (χ2v) is 3.06. The second-order valence-electron chi connectivity index (χ2n) is 3.06. The molecule has 5 heteroatoms. The van der Waals surface area contributed by atoms with Crippen LogP contribution in [0.15, 0.2) is 16.9 Å². The summed E-state index contributed by atoms with van der Waals surface area (Å²) in [6.45, 7) is 1.55. The molecular formula is C9H9N3O2. The van der Waals surface area contributed by atoms with Crippen LogP contribution in [0.5, 0.6) is 5.75 Å². The van der Waals surface area contributed by atoms with Gasteiger partial charge in [-0.1, -0.05) is 0 Å². The Bertz CT molecular complexity index is 560. The number of nitrogen functional groups attached to an aromatic ring is 1. The van der Waals surface area contributed by atoms with Crippen molar-refractivity contribution in [1.82, 2.24) is 9.97 Å². The maximum Gasteiger partial charge on any atom is 0.256 e. The number of anilines is 1. The van der Waals surface area contributed by atoms with Crippen LogP contribution in [-0.2, 0) is 0 Å². The maximum absolute atomic E-state index is 11.3. The number of hydrogen-bond acceptors (Lipinski definition) is 4. The number of hydrogen-bond donors (Lipinski definition) is 3. The second kappa shape index (κ2) is 2.73. The van der Waals surface area contributed by atoms with E-state index in [1.165, 1.54) is 0 Å². The summed E-state index contributed by atoms with van der Waals surface area (Å²) < 4.78 is 0. The standard InChI is InChI=1S/C9H9N3O2/c1-4-7(13)5-2-3-6(10)11-8(5)12-9(4)14/h2-3H,1H3,(H4,10,11,12,13,14). The van der Waals surface area contributed by atoms with Crippen LogP contribution in [0.1, 0.15) is 5.56 Å². The van der Waals surface area contributed by atoms with Crippen molar-refractivity contribution in [3.05, 3.63) is 28.0 Å². The summed E-state index contributed by atoms with van der Waals surface area (Å²) >= 11 is 0. The van der Waals surface area contributed by atoms with E-state index >= 15 is 0 Å². The summed E-state index contributed by atoms with van der Waals surface area (Å²) in [5, 5.41) is 10.1. The summed E-state index contributed by atoms with van der Waals surface area (Å²) in [4.78, 5) is 17.7. The third-order valence-electron chi connectivity index (χ3n) is 2.10. The highest BCUT2D eigenvalue weighted by molar-refractivity contribution is 5.83. The number of pyridine rings is 2. The molecule has 5 nitrogen and oxygen atoms in total. The third-order valence-corrected chi connectivity index (χ3v) is 2.10. The number of aromatic amines is 1. The predicted molar refractivity (Wildman–Crippen MR) is 53.2 cm³/mol. The van der Waals surface area contributed by atoms with Gasteiger partial charge < -0.3 is 15.8 Å². The van der Waals surface area contributed by atoms with Gasteiger partial charge in [0.25, 0.3) is 5.56 Å². The van der Waals surface area contributed by atoms with E-state index in [0.717, 1.165) is 0 Å². The summed E-state index contributed by atoms with van der Waals surface area (Å²) in [6, 6.07) is 3.19. The predicted octanol–water partition coefficient (Wildman–Crippen LogP) is 0.519. The van der Waals surface area contributed by atoms with Gasteiger partial charge in [0.1, 0.15) is 17.2 Å². The Kier molecular flexibility index (Phi) is 1.67. The lowest BCUT2D eigenvalue weighted by Crippen LogP contribution is -2.10. The number of nitrogens with zero attached hydrogens (tertiary/aromatic N) is 1. The molecule has 72 valence electrons. The molecule has 0 aliphatic rings. The van der Waals surface area contributed by atoms with E-state index in [4.69, 9.17) is 5.73 Å². The van der Waals surface area contributed by atoms with E-state index in [9.17, 15) is 9.90 Å². The third kappa shape index (κ3) is 1.10. The molecule has 0 saturated heterocycles. The van der Waals surface area contributed by atoms with Gasteiger partial charge in [-0.3, -0.25) is 4.79 Å². The molecule has 14 heavy (non-hydrogen) atoms. The van der Waals surface area contributed by atoms with Crippen LogP contribution in [0.25, 0.3) is 11.0 Å². The van der Waals surface area contributed by atoms with Gasteiger partial charge in [-0.2, -0.15) is 0 Å². The first kappa shape index (κ1) is 8.55. The minimum absolute atomic E-state index is 0.0451. The number of rotatable bonds is 0. The minimum atomic E-state index is -0.354. The lowest BCUT2D eigenvalue weighted by molar-refractivity contribution is 0.476. The van der Waals surface area contributed by atoms with Crippen LogP contribution < -0.4 is 11.3 Å². The molecule has 0 amide bonds. The van der Waals surface area contributed by atoms with E-state index in [-0.39, 0.29) is 16.9 Å². The van der Waals surface area contributed by atoms with E-state index in [2.05, 4.69) is 9.97 Å². The average Bonchev–Trinajstić information content (AvgIpc) is 2.14. The minimum Gasteiger partial charge on any atom is -0.507 e. The molecule has 0 saturated carbocycles. The van der Waals surface area contributed by atoms with Crippen molar-refractivity contribution in [2.45, 2.75) is 6.92 Å². The molecular weight excluding hydrogens is 182 g/mol. The number of H-pyrrole nitrogens is 1. The van der Waals surface area contributed by atoms with Crippen molar-refractivity contribution in [1.29, 1.82) is 0 Å². The quantitative estimate of drug-likeness (QED) is 0.566. The molecule has 0 aliphatic heterocycles. The van der Waals surface area contributed by atoms with Crippen molar-refractivity contribution in [3.63, 3.8) is 0 Å². The highest BCUT2D eigenvalue weighted by Gasteiger charge is 2.08. The van der Waals surface area contributed by atoms with E-state index in [1.54, 1.807) is 19.1 Å². The van der Waals surface area contributed by atoms with Gasteiger partial charge in [-0.05, 0) is 19.1 Å². The highest BCUT2D eigenvalue weighted by Crippen LogP contribution is 2.23. The summed E-state index contributed by atoms with van der Waals surface area (Å²) in [6.07, 6.45) is 0. The molecule has 2 heterocycles. The van der Waals surface area contributed by atoms with Crippen LogP contribution >= 0.6 is 0 Å². The molecule has 0 bridgehead atoms. The molecule has 0 aromatic carbocycles. The van der Waals surface area contributed by atoms with Crippen LogP contribution in [0.4, 0.5) is 5.82 Å². The Balaban J connectivity index is 2.98. The van der Waals surface area contributed by atoms with Crippen LogP contribution in [0, 0.1) is 6.92 Å². The maximum atomic E-state index is 11.3. The summed E-state index contributed by atoms with van der Waals surface area (Å²) in [5.74, 6) is 0.257. The molecule has 4 N–H and O–H groups in total. The number of aromatic nitrogens is 2. The number of aromatic hydroxyl groups is 1. The molecule has 0 fully saturated rings. The first-order chi connectivity index (χ1) is 6.59. The van der Waals surface area contributed by atoms with Gasteiger partial charge in [-0.15, -0.1) is 0 Å². The first-order valence-corrected chi connectivity index (χ1v) is 4.07.